The van der Waals surface area contributed by atoms with Crippen LogP contribution in [0, 0.1) is 12.8 Å². The number of carbonyl (C=O) groups excluding carboxylic acids is 1. The molecule has 84 valence electrons. The highest BCUT2D eigenvalue weighted by atomic mass is 32.1. The molecule has 1 rings (SSSR count). The van der Waals surface area contributed by atoms with Crippen LogP contribution in [-0.2, 0) is 4.74 Å². The number of aryl methyl sites for hydroxylation is 1. The van der Waals surface area contributed by atoms with Crippen LogP contribution in [0.5, 0.6) is 0 Å². The second-order valence-corrected chi connectivity index (χ2v) is 4.68. The van der Waals surface area contributed by atoms with Gasteiger partial charge in [-0.15, -0.1) is 11.3 Å². The molecule has 1 aromatic heterocycles. The van der Waals surface area contributed by atoms with E-state index < -0.39 is 12.1 Å². The SMILES string of the molecule is COC(=O)c1sc(C(O)C(C)C)nc1C. The fourth-order valence-corrected chi connectivity index (χ4v) is 2.26. The molecule has 1 atom stereocenters. The molecule has 0 saturated carbocycles. The predicted molar refractivity (Wildman–Crippen MR) is 58.0 cm³/mol. The molecule has 15 heavy (non-hydrogen) atoms. The summed E-state index contributed by atoms with van der Waals surface area (Å²) in [4.78, 5) is 15.9. The first kappa shape index (κ1) is 12.1. The van der Waals surface area contributed by atoms with E-state index in [4.69, 9.17) is 0 Å². The lowest BCUT2D eigenvalue weighted by Crippen LogP contribution is -2.04. The molecule has 1 N–H and O–H groups in total. The van der Waals surface area contributed by atoms with E-state index in [-0.39, 0.29) is 5.92 Å². The van der Waals surface area contributed by atoms with Gasteiger partial charge in [-0.05, 0) is 12.8 Å². The largest absolute Gasteiger partial charge is 0.465 e. The average Bonchev–Trinajstić information content (AvgIpc) is 2.57. The number of aliphatic hydroxyl groups is 1. The van der Waals surface area contributed by atoms with Crippen LogP contribution in [0.15, 0.2) is 0 Å². The lowest BCUT2D eigenvalue weighted by Gasteiger charge is -2.10. The fourth-order valence-electron chi connectivity index (χ4n) is 1.11. The topological polar surface area (TPSA) is 59.4 Å². The Kier molecular flexibility index (Phi) is 3.82. The van der Waals surface area contributed by atoms with Gasteiger partial charge in [0, 0.05) is 0 Å². The molecule has 5 heteroatoms. The first-order valence-electron chi connectivity index (χ1n) is 4.71. The summed E-state index contributed by atoms with van der Waals surface area (Å²) >= 11 is 1.19. The van der Waals surface area contributed by atoms with Crippen molar-refractivity contribution in [3.05, 3.63) is 15.6 Å². The molecule has 1 heterocycles. The summed E-state index contributed by atoms with van der Waals surface area (Å²) in [7, 11) is 1.33. The molecule has 0 radical (unpaired) electrons. The number of rotatable bonds is 3. The Balaban J connectivity index is 3.00. The highest BCUT2D eigenvalue weighted by Gasteiger charge is 2.21. The second kappa shape index (κ2) is 4.72. The van der Waals surface area contributed by atoms with Gasteiger partial charge in [0.15, 0.2) is 0 Å². The lowest BCUT2D eigenvalue weighted by atomic mass is 10.1. The summed E-state index contributed by atoms with van der Waals surface area (Å²) in [6, 6.07) is 0. The molecular weight excluding hydrogens is 214 g/mol. The smallest absolute Gasteiger partial charge is 0.349 e. The normalized spacial score (nSPS) is 12.9. The van der Waals surface area contributed by atoms with Crippen molar-refractivity contribution >= 4 is 17.3 Å². The van der Waals surface area contributed by atoms with Crippen LogP contribution in [0.4, 0.5) is 0 Å². The minimum Gasteiger partial charge on any atom is -0.465 e. The summed E-state index contributed by atoms with van der Waals surface area (Å²) in [6.07, 6.45) is -0.618. The van der Waals surface area contributed by atoms with E-state index in [0.717, 1.165) is 0 Å². The monoisotopic (exact) mass is 229 g/mol. The van der Waals surface area contributed by atoms with Crippen LogP contribution in [-0.4, -0.2) is 23.2 Å². The number of aromatic nitrogens is 1. The van der Waals surface area contributed by atoms with Crippen LogP contribution in [0.2, 0.25) is 0 Å². The Bertz CT molecular complexity index is 360. The Morgan fingerprint density at radius 1 is 1.53 bits per heavy atom. The molecule has 0 aromatic carbocycles. The van der Waals surface area contributed by atoms with Crippen molar-refractivity contribution in [1.29, 1.82) is 0 Å². The van der Waals surface area contributed by atoms with E-state index in [9.17, 15) is 9.90 Å². The van der Waals surface area contributed by atoms with Gasteiger partial charge in [0.05, 0.1) is 12.8 Å². The zero-order valence-corrected chi connectivity index (χ0v) is 10.1. The number of hydrogen-bond acceptors (Lipinski definition) is 5. The second-order valence-electron chi connectivity index (χ2n) is 3.65. The number of hydrogen-bond donors (Lipinski definition) is 1. The summed E-state index contributed by atoms with van der Waals surface area (Å²) in [6.45, 7) is 5.54. The van der Waals surface area contributed by atoms with Gasteiger partial charge in [0.1, 0.15) is 16.0 Å². The van der Waals surface area contributed by atoms with Crippen LogP contribution in [0.25, 0.3) is 0 Å². The summed E-state index contributed by atoms with van der Waals surface area (Å²) in [5, 5.41) is 10.4. The number of thiazole rings is 1. The van der Waals surface area contributed by atoms with Crippen molar-refractivity contribution < 1.29 is 14.6 Å². The molecule has 0 fully saturated rings. The minimum atomic E-state index is -0.618. The molecular formula is C10H15NO3S. The molecule has 1 unspecified atom stereocenters. The van der Waals surface area contributed by atoms with E-state index in [2.05, 4.69) is 9.72 Å². The number of aliphatic hydroxyl groups excluding tert-OH is 1. The third-order valence-electron chi connectivity index (χ3n) is 2.07. The standard InChI is InChI=1S/C10H15NO3S/c1-5(2)7(12)9-11-6(3)8(15-9)10(13)14-4/h5,7,12H,1-4H3. The van der Waals surface area contributed by atoms with Crippen molar-refractivity contribution in [1.82, 2.24) is 4.98 Å². The average molecular weight is 229 g/mol. The van der Waals surface area contributed by atoms with E-state index in [1.165, 1.54) is 18.4 Å². The van der Waals surface area contributed by atoms with Crippen LogP contribution in [0.3, 0.4) is 0 Å². The van der Waals surface area contributed by atoms with Crippen LogP contribution >= 0.6 is 11.3 Å². The minimum absolute atomic E-state index is 0.0843. The van der Waals surface area contributed by atoms with Crippen molar-refractivity contribution in [3.63, 3.8) is 0 Å². The van der Waals surface area contributed by atoms with Crippen molar-refractivity contribution in [2.75, 3.05) is 7.11 Å². The summed E-state index contributed by atoms with van der Waals surface area (Å²) in [5.41, 5.74) is 0.613. The first-order chi connectivity index (χ1) is 6.97. The van der Waals surface area contributed by atoms with E-state index in [1.807, 2.05) is 13.8 Å². The fraction of sp³-hybridized carbons (Fsp3) is 0.600. The number of ether oxygens (including phenoxy) is 1. The zero-order chi connectivity index (χ0) is 11.6. The molecule has 0 saturated heterocycles. The Morgan fingerprint density at radius 3 is 2.60 bits per heavy atom. The van der Waals surface area contributed by atoms with Gasteiger partial charge in [0.25, 0.3) is 0 Å². The van der Waals surface area contributed by atoms with Crippen molar-refractivity contribution in [2.45, 2.75) is 26.9 Å². The van der Waals surface area contributed by atoms with Crippen LogP contribution in [0.1, 0.15) is 40.3 Å². The molecule has 0 aliphatic rings. The van der Waals surface area contributed by atoms with Crippen LogP contribution < -0.4 is 0 Å². The Labute approximate surface area is 92.9 Å². The van der Waals surface area contributed by atoms with Gasteiger partial charge in [0.2, 0.25) is 0 Å². The zero-order valence-electron chi connectivity index (χ0n) is 9.27. The third kappa shape index (κ3) is 2.54. The molecule has 0 aliphatic heterocycles. The number of nitrogens with zero attached hydrogens (tertiary/aromatic N) is 1. The third-order valence-corrected chi connectivity index (χ3v) is 3.28. The van der Waals surface area contributed by atoms with Crippen molar-refractivity contribution in [2.24, 2.45) is 5.92 Å². The Morgan fingerprint density at radius 2 is 2.13 bits per heavy atom. The van der Waals surface area contributed by atoms with E-state index in [1.54, 1.807) is 6.92 Å². The highest BCUT2D eigenvalue weighted by molar-refractivity contribution is 7.13. The van der Waals surface area contributed by atoms with Gasteiger partial charge in [-0.3, -0.25) is 0 Å². The van der Waals surface area contributed by atoms with Gasteiger partial charge in [-0.2, -0.15) is 0 Å². The number of methoxy groups -OCH3 is 1. The summed E-state index contributed by atoms with van der Waals surface area (Å²) in [5.74, 6) is -0.312. The lowest BCUT2D eigenvalue weighted by molar-refractivity contribution is 0.0605. The summed E-state index contributed by atoms with van der Waals surface area (Å²) < 4.78 is 4.62. The Hall–Kier alpha value is -0.940. The maximum Gasteiger partial charge on any atom is 0.349 e. The predicted octanol–water partition coefficient (Wildman–Crippen LogP) is 1.93. The maximum atomic E-state index is 11.3. The molecule has 0 spiro atoms. The van der Waals surface area contributed by atoms with Gasteiger partial charge >= 0.3 is 5.97 Å². The molecule has 1 aromatic rings. The van der Waals surface area contributed by atoms with Gasteiger partial charge < -0.3 is 9.84 Å². The van der Waals surface area contributed by atoms with E-state index in [0.29, 0.717) is 15.6 Å². The molecule has 0 bridgehead atoms. The number of esters is 1. The van der Waals surface area contributed by atoms with Gasteiger partial charge in [-0.1, -0.05) is 13.8 Å². The number of carbonyl (C=O) groups is 1. The molecule has 0 aliphatic carbocycles. The van der Waals surface area contributed by atoms with Gasteiger partial charge in [-0.25, -0.2) is 9.78 Å². The maximum absolute atomic E-state index is 11.3. The quantitative estimate of drug-likeness (QED) is 0.804. The first-order valence-corrected chi connectivity index (χ1v) is 5.52. The molecule has 4 nitrogen and oxygen atoms in total. The molecule has 0 amide bonds. The van der Waals surface area contributed by atoms with E-state index >= 15 is 0 Å². The highest BCUT2D eigenvalue weighted by Crippen LogP contribution is 2.28. The van der Waals surface area contributed by atoms with Crippen molar-refractivity contribution in [3.8, 4) is 0 Å².